The molecule has 0 saturated carbocycles. The van der Waals surface area contributed by atoms with E-state index in [0.29, 0.717) is 6.04 Å². The maximum absolute atomic E-state index is 5.37. The van der Waals surface area contributed by atoms with Crippen LogP contribution in [0.2, 0.25) is 0 Å². The molecule has 1 N–H and O–H groups in total. The van der Waals surface area contributed by atoms with Crippen LogP contribution in [-0.4, -0.2) is 24.7 Å². The average molecular weight is 276 g/mol. The number of methoxy groups -OCH3 is 1. The first-order chi connectivity index (χ1) is 9.29. The van der Waals surface area contributed by atoms with Gasteiger partial charge in [0.1, 0.15) is 5.75 Å². The number of hydrogen-bond acceptors (Lipinski definition) is 4. The molecule has 1 aromatic heterocycles. The Hall–Kier alpha value is -1.39. The summed E-state index contributed by atoms with van der Waals surface area (Å²) in [7, 11) is 1.72. The van der Waals surface area contributed by atoms with Crippen molar-refractivity contribution in [2.45, 2.75) is 25.8 Å². The number of para-hydroxylation sites is 1. The Balaban J connectivity index is 1.79. The van der Waals surface area contributed by atoms with E-state index in [-0.39, 0.29) is 0 Å². The standard InChI is InChI=1S/C15H20N2OS/c1-12(16-8-7-15-17-9-10-19-15)11-13-5-3-4-6-14(13)18-2/h3-6,9-10,12,16H,7-8,11H2,1-2H3. The molecule has 2 aromatic rings. The van der Waals surface area contributed by atoms with Gasteiger partial charge in [-0.15, -0.1) is 11.3 Å². The maximum atomic E-state index is 5.37. The summed E-state index contributed by atoms with van der Waals surface area (Å²) in [4.78, 5) is 4.28. The van der Waals surface area contributed by atoms with Crippen LogP contribution in [-0.2, 0) is 12.8 Å². The lowest BCUT2D eigenvalue weighted by molar-refractivity contribution is 0.406. The van der Waals surface area contributed by atoms with E-state index in [1.54, 1.807) is 18.4 Å². The Morgan fingerprint density at radius 2 is 2.21 bits per heavy atom. The molecule has 0 aliphatic carbocycles. The first kappa shape index (κ1) is 14.0. The summed E-state index contributed by atoms with van der Waals surface area (Å²) < 4.78 is 5.37. The highest BCUT2D eigenvalue weighted by Crippen LogP contribution is 2.18. The Labute approximate surface area is 118 Å². The normalized spacial score (nSPS) is 12.3. The van der Waals surface area contributed by atoms with Gasteiger partial charge >= 0.3 is 0 Å². The van der Waals surface area contributed by atoms with Crippen molar-refractivity contribution in [1.82, 2.24) is 10.3 Å². The molecule has 1 unspecified atom stereocenters. The van der Waals surface area contributed by atoms with Gasteiger partial charge in [0.05, 0.1) is 12.1 Å². The van der Waals surface area contributed by atoms with Gasteiger partial charge in [0.25, 0.3) is 0 Å². The highest BCUT2D eigenvalue weighted by molar-refractivity contribution is 7.09. The fourth-order valence-corrected chi connectivity index (χ4v) is 2.70. The van der Waals surface area contributed by atoms with Crippen LogP contribution in [0.4, 0.5) is 0 Å². The smallest absolute Gasteiger partial charge is 0.122 e. The van der Waals surface area contributed by atoms with Crippen LogP contribution in [0.15, 0.2) is 35.8 Å². The number of ether oxygens (including phenoxy) is 1. The molecule has 2 rings (SSSR count). The summed E-state index contributed by atoms with van der Waals surface area (Å²) in [5.74, 6) is 0.969. The summed E-state index contributed by atoms with van der Waals surface area (Å²) >= 11 is 1.71. The van der Waals surface area contributed by atoms with E-state index in [4.69, 9.17) is 4.74 Å². The second-order valence-electron chi connectivity index (χ2n) is 4.55. The topological polar surface area (TPSA) is 34.1 Å². The third-order valence-electron chi connectivity index (χ3n) is 3.03. The summed E-state index contributed by atoms with van der Waals surface area (Å²) in [5, 5.41) is 6.74. The Bertz CT molecular complexity index is 485. The molecule has 0 amide bonds. The molecule has 0 saturated heterocycles. The molecule has 1 aromatic carbocycles. The quantitative estimate of drug-likeness (QED) is 0.844. The molecule has 0 fully saturated rings. The number of benzene rings is 1. The zero-order chi connectivity index (χ0) is 13.5. The van der Waals surface area contributed by atoms with Crippen molar-refractivity contribution in [3.63, 3.8) is 0 Å². The van der Waals surface area contributed by atoms with Gasteiger partial charge in [0, 0.05) is 30.6 Å². The van der Waals surface area contributed by atoms with Gasteiger partial charge < -0.3 is 10.1 Å². The lowest BCUT2D eigenvalue weighted by atomic mass is 10.1. The molecule has 0 bridgehead atoms. The molecule has 0 radical (unpaired) electrons. The predicted molar refractivity (Wildman–Crippen MR) is 80.0 cm³/mol. The van der Waals surface area contributed by atoms with Crippen molar-refractivity contribution in [3.8, 4) is 5.75 Å². The second-order valence-corrected chi connectivity index (χ2v) is 5.53. The number of nitrogens with zero attached hydrogens (tertiary/aromatic N) is 1. The Morgan fingerprint density at radius 3 is 2.95 bits per heavy atom. The summed E-state index contributed by atoms with van der Waals surface area (Å²) in [6.07, 6.45) is 3.83. The van der Waals surface area contributed by atoms with Crippen molar-refractivity contribution < 1.29 is 4.74 Å². The van der Waals surface area contributed by atoms with E-state index in [2.05, 4.69) is 29.4 Å². The third kappa shape index (κ3) is 4.33. The lowest BCUT2D eigenvalue weighted by Crippen LogP contribution is -2.30. The van der Waals surface area contributed by atoms with E-state index in [1.807, 2.05) is 23.7 Å². The SMILES string of the molecule is COc1ccccc1CC(C)NCCc1nccs1. The molecule has 0 aliphatic heterocycles. The highest BCUT2D eigenvalue weighted by Gasteiger charge is 2.07. The number of aromatic nitrogens is 1. The van der Waals surface area contributed by atoms with Gasteiger partial charge in [-0.2, -0.15) is 0 Å². The largest absolute Gasteiger partial charge is 0.496 e. The monoisotopic (exact) mass is 276 g/mol. The zero-order valence-electron chi connectivity index (χ0n) is 11.4. The fourth-order valence-electron chi connectivity index (χ4n) is 2.08. The van der Waals surface area contributed by atoms with Gasteiger partial charge in [-0.1, -0.05) is 18.2 Å². The first-order valence-corrected chi connectivity index (χ1v) is 7.41. The number of nitrogens with one attached hydrogen (secondary N) is 1. The highest BCUT2D eigenvalue weighted by atomic mass is 32.1. The van der Waals surface area contributed by atoms with Gasteiger partial charge in [-0.25, -0.2) is 4.98 Å². The summed E-state index contributed by atoms with van der Waals surface area (Å²) in [6, 6.07) is 8.62. The van der Waals surface area contributed by atoms with Gasteiger partial charge in [0.2, 0.25) is 0 Å². The van der Waals surface area contributed by atoms with E-state index < -0.39 is 0 Å². The molecule has 0 spiro atoms. The molecule has 1 atom stereocenters. The van der Waals surface area contributed by atoms with Crippen molar-refractivity contribution in [1.29, 1.82) is 0 Å². The van der Waals surface area contributed by atoms with Crippen LogP contribution in [0.1, 0.15) is 17.5 Å². The number of rotatable bonds is 7. The van der Waals surface area contributed by atoms with Gasteiger partial charge in [-0.05, 0) is 25.0 Å². The van der Waals surface area contributed by atoms with Gasteiger partial charge in [-0.3, -0.25) is 0 Å². The van der Waals surface area contributed by atoms with Gasteiger partial charge in [0.15, 0.2) is 0 Å². The minimum Gasteiger partial charge on any atom is -0.496 e. The summed E-state index contributed by atoms with van der Waals surface area (Å²) in [5.41, 5.74) is 1.25. The predicted octanol–water partition coefficient (Wildman–Crippen LogP) is 2.92. The molecular formula is C15H20N2OS. The molecular weight excluding hydrogens is 256 g/mol. The zero-order valence-corrected chi connectivity index (χ0v) is 12.2. The molecule has 4 heteroatoms. The van der Waals surface area contributed by atoms with Crippen LogP contribution >= 0.6 is 11.3 Å². The average Bonchev–Trinajstić information content (AvgIpc) is 2.92. The molecule has 102 valence electrons. The Morgan fingerprint density at radius 1 is 1.37 bits per heavy atom. The van der Waals surface area contributed by atoms with Crippen molar-refractivity contribution >= 4 is 11.3 Å². The number of thiazole rings is 1. The van der Waals surface area contributed by atoms with Crippen LogP contribution in [0.5, 0.6) is 5.75 Å². The van der Waals surface area contributed by atoms with Crippen molar-refractivity contribution in [2.75, 3.05) is 13.7 Å². The maximum Gasteiger partial charge on any atom is 0.122 e. The first-order valence-electron chi connectivity index (χ1n) is 6.53. The molecule has 0 aliphatic rings. The molecule has 3 nitrogen and oxygen atoms in total. The van der Waals surface area contributed by atoms with E-state index in [9.17, 15) is 0 Å². The van der Waals surface area contributed by atoms with Crippen LogP contribution in [0, 0.1) is 0 Å². The fraction of sp³-hybridized carbons (Fsp3) is 0.400. The number of hydrogen-bond donors (Lipinski definition) is 1. The minimum atomic E-state index is 0.427. The van der Waals surface area contributed by atoms with E-state index in [1.165, 1.54) is 10.6 Å². The van der Waals surface area contributed by atoms with Crippen molar-refractivity contribution in [3.05, 3.63) is 46.4 Å². The van der Waals surface area contributed by atoms with Crippen LogP contribution < -0.4 is 10.1 Å². The molecule has 19 heavy (non-hydrogen) atoms. The van der Waals surface area contributed by atoms with Crippen LogP contribution in [0.3, 0.4) is 0 Å². The molecule has 1 heterocycles. The third-order valence-corrected chi connectivity index (χ3v) is 3.87. The van der Waals surface area contributed by atoms with E-state index in [0.717, 1.165) is 25.1 Å². The van der Waals surface area contributed by atoms with E-state index >= 15 is 0 Å². The minimum absolute atomic E-state index is 0.427. The summed E-state index contributed by atoms with van der Waals surface area (Å²) in [6.45, 7) is 3.16. The van der Waals surface area contributed by atoms with Crippen LogP contribution in [0.25, 0.3) is 0 Å². The van der Waals surface area contributed by atoms with Crippen molar-refractivity contribution in [2.24, 2.45) is 0 Å². The lowest BCUT2D eigenvalue weighted by Gasteiger charge is -2.15. The second kappa shape index (κ2) is 7.26. The Kier molecular flexibility index (Phi) is 5.36.